The molecule has 0 N–H and O–H groups in total. The van der Waals surface area contributed by atoms with Crippen molar-refractivity contribution in [3.05, 3.63) is 85.1 Å². The molecular formula is C67H116O6. The topological polar surface area (TPSA) is 78.9 Å². The highest BCUT2D eigenvalue weighted by molar-refractivity contribution is 5.71. The zero-order valence-corrected chi connectivity index (χ0v) is 48.1. The number of hydrogen-bond donors (Lipinski definition) is 0. The van der Waals surface area contributed by atoms with Gasteiger partial charge in [-0.15, -0.1) is 0 Å². The summed E-state index contributed by atoms with van der Waals surface area (Å²) in [7, 11) is 0. The lowest BCUT2D eigenvalue weighted by atomic mass is 10.1. The Hall–Kier alpha value is -3.41. The molecule has 420 valence electrons. The maximum absolute atomic E-state index is 12.9. The van der Waals surface area contributed by atoms with E-state index in [2.05, 4.69) is 106 Å². The second kappa shape index (κ2) is 61.1. The summed E-state index contributed by atoms with van der Waals surface area (Å²) in [5.41, 5.74) is 0. The number of allylic oxidation sites excluding steroid dienone is 14. The van der Waals surface area contributed by atoms with Gasteiger partial charge in [0.15, 0.2) is 6.10 Å². The maximum atomic E-state index is 12.9. The summed E-state index contributed by atoms with van der Waals surface area (Å²) in [4.78, 5) is 38.3. The molecule has 0 aromatic carbocycles. The molecule has 0 aliphatic heterocycles. The summed E-state index contributed by atoms with van der Waals surface area (Å²) in [6.45, 7) is 6.57. The standard InChI is InChI=1S/C67H116O6/c1-4-7-10-13-16-19-22-25-28-31-33-36-39-42-45-48-51-54-57-60-66(69)72-63-64(62-71-65(68)59-56-53-50-47-44-41-38-35-30-27-24-21-18-15-12-9-6-3)73-67(70)61-58-55-52-49-46-43-40-37-34-32-29-26-23-20-17-14-11-8-5-2/h16,18-19,21,25,27-28,30,32-34,36,42,45,64H,4-15,17,20,22-24,26,29,31,35,37-41,43-44,46-63H2,1-3H3/b19-16-,21-18-,28-25-,30-27-,34-32-,36-33-,45-42-/t64-/m1/s1. The third kappa shape index (κ3) is 59.3. The minimum Gasteiger partial charge on any atom is -0.462 e. The van der Waals surface area contributed by atoms with Gasteiger partial charge in [-0.1, -0.05) is 247 Å². The van der Waals surface area contributed by atoms with E-state index < -0.39 is 6.10 Å². The van der Waals surface area contributed by atoms with E-state index in [1.54, 1.807) is 0 Å². The molecule has 73 heavy (non-hydrogen) atoms. The first-order valence-corrected chi connectivity index (χ1v) is 31.1. The second-order valence-corrected chi connectivity index (χ2v) is 20.6. The lowest BCUT2D eigenvalue weighted by molar-refractivity contribution is -0.167. The Morgan fingerprint density at radius 2 is 0.493 bits per heavy atom. The van der Waals surface area contributed by atoms with Crippen molar-refractivity contribution in [2.75, 3.05) is 13.2 Å². The summed E-state index contributed by atoms with van der Waals surface area (Å²) >= 11 is 0. The van der Waals surface area contributed by atoms with Crippen molar-refractivity contribution >= 4 is 17.9 Å². The van der Waals surface area contributed by atoms with Crippen LogP contribution >= 0.6 is 0 Å². The second-order valence-electron chi connectivity index (χ2n) is 20.6. The van der Waals surface area contributed by atoms with Crippen LogP contribution in [0.2, 0.25) is 0 Å². The van der Waals surface area contributed by atoms with Crippen LogP contribution in [0.25, 0.3) is 0 Å². The van der Waals surface area contributed by atoms with Gasteiger partial charge in [0.1, 0.15) is 13.2 Å². The maximum Gasteiger partial charge on any atom is 0.306 e. The highest BCUT2D eigenvalue weighted by Gasteiger charge is 2.19. The summed E-state index contributed by atoms with van der Waals surface area (Å²) in [6.07, 6.45) is 80.0. The first kappa shape index (κ1) is 69.6. The number of carbonyl (C=O) groups excluding carboxylic acids is 3. The predicted octanol–water partition coefficient (Wildman–Crippen LogP) is 21.1. The van der Waals surface area contributed by atoms with Crippen LogP contribution in [0.3, 0.4) is 0 Å². The summed E-state index contributed by atoms with van der Waals surface area (Å²) < 4.78 is 16.9. The number of hydrogen-bond acceptors (Lipinski definition) is 6. The van der Waals surface area contributed by atoms with Crippen molar-refractivity contribution in [1.82, 2.24) is 0 Å². The van der Waals surface area contributed by atoms with E-state index in [0.717, 1.165) is 96.3 Å². The van der Waals surface area contributed by atoms with Gasteiger partial charge in [0.2, 0.25) is 0 Å². The third-order valence-electron chi connectivity index (χ3n) is 13.3. The fourth-order valence-corrected chi connectivity index (χ4v) is 8.63. The van der Waals surface area contributed by atoms with Gasteiger partial charge in [-0.3, -0.25) is 14.4 Å². The number of esters is 3. The van der Waals surface area contributed by atoms with Gasteiger partial charge in [0, 0.05) is 19.3 Å². The molecule has 0 saturated heterocycles. The molecule has 0 rings (SSSR count). The van der Waals surface area contributed by atoms with Gasteiger partial charge in [-0.25, -0.2) is 0 Å². The van der Waals surface area contributed by atoms with E-state index in [-0.39, 0.29) is 31.1 Å². The minimum atomic E-state index is -0.797. The Bertz CT molecular complexity index is 1400. The first-order chi connectivity index (χ1) is 36.0. The molecule has 0 unspecified atom stereocenters. The lowest BCUT2D eigenvalue weighted by Gasteiger charge is -2.18. The van der Waals surface area contributed by atoms with E-state index in [4.69, 9.17) is 14.2 Å². The Kier molecular flexibility index (Phi) is 58.3. The van der Waals surface area contributed by atoms with E-state index in [1.807, 2.05) is 0 Å². The van der Waals surface area contributed by atoms with Gasteiger partial charge < -0.3 is 14.2 Å². The molecule has 0 amide bonds. The van der Waals surface area contributed by atoms with E-state index in [1.165, 1.54) is 167 Å². The first-order valence-electron chi connectivity index (χ1n) is 31.1. The van der Waals surface area contributed by atoms with Gasteiger partial charge in [0.05, 0.1) is 0 Å². The molecule has 0 bridgehead atoms. The zero-order chi connectivity index (χ0) is 52.9. The van der Waals surface area contributed by atoms with Crippen LogP contribution in [0, 0.1) is 0 Å². The molecule has 0 aromatic heterocycles. The van der Waals surface area contributed by atoms with Gasteiger partial charge >= 0.3 is 17.9 Å². The van der Waals surface area contributed by atoms with Gasteiger partial charge in [-0.05, 0) is 122 Å². The zero-order valence-electron chi connectivity index (χ0n) is 48.1. The molecule has 0 aliphatic carbocycles. The lowest BCUT2D eigenvalue weighted by Crippen LogP contribution is -2.30. The summed E-state index contributed by atoms with van der Waals surface area (Å²) in [5, 5.41) is 0. The molecule has 0 saturated carbocycles. The predicted molar refractivity (Wildman–Crippen MR) is 316 cm³/mol. The minimum absolute atomic E-state index is 0.0923. The van der Waals surface area contributed by atoms with E-state index >= 15 is 0 Å². The molecule has 0 fully saturated rings. The monoisotopic (exact) mass is 1020 g/mol. The van der Waals surface area contributed by atoms with Crippen LogP contribution in [0.1, 0.15) is 303 Å². The average Bonchev–Trinajstić information content (AvgIpc) is 3.39. The highest BCUT2D eigenvalue weighted by Crippen LogP contribution is 2.15. The molecule has 0 spiro atoms. The van der Waals surface area contributed by atoms with Crippen molar-refractivity contribution in [3.8, 4) is 0 Å². The van der Waals surface area contributed by atoms with Crippen LogP contribution in [-0.4, -0.2) is 37.2 Å². The van der Waals surface area contributed by atoms with Crippen LogP contribution in [0.15, 0.2) is 85.1 Å². The molecule has 0 heterocycles. The van der Waals surface area contributed by atoms with Crippen LogP contribution in [0.4, 0.5) is 0 Å². The van der Waals surface area contributed by atoms with Crippen LogP contribution < -0.4 is 0 Å². The van der Waals surface area contributed by atoms with E-state index in [9.17, 15) is 14.4 Å². The Morgan fingerprint density at radius 3 is 0.822 bits per heavy atom. The van der Waals surface area contributed by atoms with Crippen LogP contribution in [-0.2, 0) is 28.6 Å². The molecule has 0 radical (unpaired) electrons. The van der Waals surface area contributed by atoms with Gasteiger partial charge in [-0.2, -0.15) is 0 Å². The Labute approximate surface area is 452 Å². The van der Waals surface area contributed by atoms with E-state index in [0.29, 0.717) is 19.3 Å². The highest BCUT2D eigenvalue weighted by atomic mass is 16.6. The molecular weight excluding hydrogens is 901 g/mol. The van der Waals surface area contributed by atoms with Crippen molar-refractivity contribution < 1.29 is 28.6 Å². The summed E-state index contributed by atoms with van der Waals surface area (Å²) in [6, 6.07) is 0. The number of ether oxygens (including phenoxy) is 3. The van der Waals surface area contributed by atoms with Crippen molar-refractivity contribution in [3.63, 3.8) is 0 Å². The molecule has 0 aliphatic rings. The fourth-order valence-electron chi connectivity index (χ4n) is 8.63. The number of unbranched alkanes of at least 4 members (excludes halogenated alkanes) is 31. The molecule has 1 atom stereocenters. The number of rotatable bonds is 56. The van der Waals surface area contributed by atoms with Gasteiger partial charge in [0.25, 0.3) is 0 Å². The van der Waals surface area contributed by atoms with Crippen molar-refractivity contribution in [2.45, 2.75) is 309 Å². The summed E-state index contributed by atoms with van der Waals surface area (Å²) in [5.74, 6) is -0.926. The average molecular weight is 1020 g/mol. The quantitative estimate of drug-likeness (QED) is 0.0261. The molecule has 6 heteroatoms. The Balaban J connectivity index is 4.46. The largest absolute Gasteiger partial charge is 0.462 e. The normalized spacial score (nSPS) is 12.6. The molecule has 0 aromatic rings. The number of carbonyl (C=O) groups is 3. The fraction of sp³-hybridized carbons (Fsp3) is 0.746. The van der Waals surface area contributed by atoms with Crippen molar-refractivity contribution in [2.24, 2.45) is 0 Å². The Morgan fingerprint density at radius 1 is 0.274 bits per heavy atom. The molecule has 6 nitrogen and oxygen atoms in total. The van der Waals surface area contributed by atoms with Crippen LogP contribution in [0.5, 0.6) is 0 Å². The van der Waals surface area contributed by atoms with Crippen molar-refractivity contribution in [1.29, 1.82) is 0 Å². The SMILES string of the molecule is CCCCC/C=C\C/C=C\C/C=C\C/C=C\CCCCCC(=O)OC[C@@H](COC(=O)CCCCCCCCC/C=C\C/C=C\CCCCC)OC(=O)CCCCCCCCC/C=C\CCCCCCCCCC. The third-order valence-corrected chi connectivity index (χ3v) is 13.3. The smallest absolute Gasteiger partial charge is 0.306 e.